The molecule has 0 atom stereocenters. The maximum Gasteiger partial charge on any atom is 0.0144 e. The van der Waals surface area contributed by atoms with Crippen LogP contribution in [0.1, 0.15) is 60.3 Å². The molecule has 3 N–H and O–H groups in total. The van der Waals surface area contributed by atoms with Crippen molar-refractivity contribution in [3.63, 3.8) is 0 Å². The van der Waals surface area contributed by atoms with Crippen LogP contribution in [0.3, 0.4) is 0 Å². The maximum atomic E-state index is 3.73. The standard InChI is InChI=1S/C15H33N3/c1-6-8-16-9-7-10-17-13-11-14(2,3)18-15(4,5)12-13/h13,16-18H,6-12H2,1-5H3. The normalized spacial score (nSPS) is 23.2. The second-order valence-electron chi connectivity index (χ2n) is 7.06. The van der Waals surface area contributed by atoms with Crippen LogP contribution in [0.15, 0.2) is 0 Å². The quantitative estimate of drug-likeness (QED) is 0.611. The fourth-order valence-electron chi connectivity index (χ4n) is 3.29. The molecule has 3 heteroatoms. The molecule has 1 aliphatic heterocycles. The Balaban J connectivity index is 2.21. The molecule has 1 saturated heterocycles. The number of nitrogens with one attached hydrogen (secondary N) is 3. The van der Waals surface area contributed by atoms with E-state index in [1.165, 1.54) is 25.7 Å². The summed E-state index contributed by atoms with van der Waals surface area (Å²) in [6, 6.07) is 0.655. The van der Waals surface area contributed by atoms with E-state index in [2.05, 4.69) is 50.6 Å². The highest BCUT2D eigenvalue weighted by atomic mass is 15.1. The molecule has 0 radical (unpaired) electrons. The van der Waals surface area contributed by atoms with Crippen molar-refractivity contribution < 1.29 is 0 Å². The molecule has 1 aliphatic rings. The molecule has 0 spiro atoms. The maximum absolute atomic E-state index is 3.73. The van der Waals surface area contributed by atoms with E-state index in [9.17, 15) is 0 Å². The van der Waals surface area contributed by atoms with E-state index in [-0.39, 0.29) is 11.1 Å². The number of hydrogen-bond acceptors (Lipinski definition) is 3. The van der Waals surface area contributed by atoms with Gasteiger partial charge < -0.3 is 16.0 Å². The van der Waals surface area contributed by atoms with Crippen LogP contribution in [-0.4, -0.2) is 36.8 Å². The van der Waals surface area contributed by atoms with Gasteiger partial charge in [-0.05, 0) is 73.0 Å². The van der Waals surface area contributed by atoms with Gasteiger partial charge in [-0.3, -0.25) is 0 Å². The second kappa shape index (κ2) is 6.88. The van der Waals surface area contributed by atoms with Gasteiger partial charge in [0.15, 0.2) is 0 Å². The first-order valence-electron chi connectivity index (χ1n) is 7.58. The molecule has 1 rings (SSSR count). The topological polar surface area (TPSA) is 36.1 Å². The van der Waals surface area contributed by atoms with Crippen LogP contribution in [0.25, 0.3) is 0 Å². The van der Waals surface area contributed by atoms with Crippen molar-refractivity contribution in [1.29, 1.82) is 0 Å². The van der Waals surface area contributed by atoms with Crippen LogP contribution in [0.4, 0.5) is 0 Å². The van der Waals surface area contributed by atoms with Gasteiger partial charge in [0.25, 0.3) is 0 Å². The molecule has 108 valence electrons. The van der Waals surface area contributed by atoms with Gasteiger partial charge in [-0.25, -0.2) is 0 Å². The Bertz CT molecular complexity index is 220. The van der Waals surface area contributed by atoms with Crippen LogP contribution < -0.4 is 16.0 Å². The lowest BCUT2D eigenvalue weighted by Crippen LogP contribution is -2.61. The molecule has 0 aromatic carbocycles. The summed E-state index contributed by atoms with van der Waals surface area (Å²) in [6.07, 6.45) is 4.90. The van der Waals surface area contributed by atoms with Gasteiger partial charge in [-0.2, -0.15) is 0 Å². The number of rotatable bonds is 7. The van der Waals surface area contributed by atoms with E-state index in [4.69, 9.17) is 0 Å². The smallest absolute Gasteiger partial charge is 0.0144 e. The Morgan fingerprint density at radius 3 is 2.17 bits per heavy atom. The SMILES string of the molecule is CCCNCCCNC1CC(C)(C)NC(C)(C)C1. The van der Waals surface area contributed by atoms with E-state index >= 15 is 0 Å². The van der Waals surface area contributed by atoms with E-state index in [0.29, 0.717) is 6.04 Å². The summed E-state index contributed by atoms with van der Waals surface area (Å²) in [6.45, 7) is 14.9. The predicted octanol–water partition coefficient (Wildman–Crippen LogP) is 2.27. The van der Waals surface area contributed by atoms with Gasteiger partial charge in [0, 0.05) is 17.1 Å². The molecule has 3 nitrogen and oxygen atoms in total. The van der Waals surface area contributed by atoms with Gasteiger partial charge in [0.2, 0.25) is 0 Å². The molecule has 1 fully saturated rings. The van der Waals surface area contributed by atoms with E-state index < -0.39 is 0 Å². The first-order valence-corrected chi connectivity index (χ1v) is 7.58. The summed E-state index contributed by atoms with van der Waals surface area (Å²) in [5, 5.41) is 10.9. The van der Waals surface area contributed by atoms with E-state index in [0.717, 1.165) is 19.6 Å². The van der Waals surface area contributed by atoms with Crippen LogP contribution in [0.2, 0.25) is 0 Å². The average molecular weight is 255 g/mol. The lowest BCUT2D eigenvalue weighted by atomic mass is 9.79. The molecule has 0 saturated carbocycles. The van der Waals surface area contributed by atoms with Crippen molar-refractivity contribution in [2.45, 2.75) is 77.4 Å². The van der Waals surface area contributed by atoms with Gasteiger partial charge in [0.1, 0.15) is 0 Å². The summed E-state index contributed by atoms with van der Waals surface area (Å²) < 4.78 is 0. The van der Waals surface area contributed by atoms with Gasteiger partial charge in [0.05, 0.1) is 0 Å². The zero-order chi connectivity index (χ0) is 13.6. The molecular formula is C15H33N3. The number of hydrogen-bond donors (Lipinski definition) is 3. The monoisotopic (exact) mass is 255 g/mol. The summed E-state index contributed by atoms with van der Waals surface area (Å²) in [5.74, 6) is 0. The minimum atomic E-state index is 0.250. The fourth-order valence-corrected chi connectivity index (χ4v) is 3.29. The Morgan fingerprint density at radius 2 is 1.61 bits per heavy atom. The van der Waals surface area contributed by atoms with Crippen LogP contribution >= 0.6 is 0 Å². The highest BCUT2D eigenvalue weighted by Gasteiger charge is 2.37. The average Bonchev–Trinajstić information content (AvgIpc) is 2.18. The predicted molar refractivity (Wildman–Crippen MR) is 80.1 cm³/mol. The third-order valence-electron chi connectivity index (χ3n) is 3.58. The third-order valence-corrected chi connectivity index (χ3v) is 3.58. The number of piperidine rings is 1. The van der Waals surface area contributed by atoms with Crippen LogP contribution in [0, 0.1) is 0 Å². The van der Waals surface area contributed by atoms with Crippen LogP contribution in [-0.2, 0) is 0 Å². The highest BCUT2D eigenvalue weighted by Crippen LogP contribution is 2.28. The van der Waals surface area contributed by atoms with Gasteiger partial charge in [-0.1, -0.05) is 6.92 Å². The first kappa shape index (κ1) is 15.9. The van der Waals surface area contributed by atoms with Gasteiger partial charge >= 0.3 is 0 Å². The lowest BCUT2D eigenvalue weighted by Gasteiger charge is -2.46. The molecule has 0 amide bonds. The minimum Gasteiger partial charge on any atom is -0.317 e. The Labute approximate surface area is 113 Å². The molecule has 18 heavy (non-hydrogen) atoms. The summed E-state index contributed by atoms with van der Waals surface area (Å²) in [5.41, 5.74) is 0.500. The summed E-state index contributed by atoms with van der Waals surface area (Å²) in [4.78, 5) is 0. The minimum absolute atomic E-state index is 0.250. The Hall–Kier alpha value is -0.120. The van der Waals surface area contributed by atoms with Crippen molar-refractivity contribution in [3.05, 3.63) is 0 Å². The molecule has 0 bridgehead atoms. The van der Waals surface area contributed by atoms with Crippen molar-refractivity contribution in [1.82, 2.24) is 16.0 Å². The van der Waals surface area contributed by atoms with Gasteiger partial charge in [-0.15, -0.1) is 0 Å². The first-order chi connectivity index (χ1) is 8.35. The van der Waals surface area contributed by atoms with Crippen molar-refractivity contribution >= 4 is 0 Å². The molecule has 0 aromatic rings. The zero-order valence-electron chi connectivity index (χ0n) is 13.0. The zero-order valence-corrected chi connectivity index (χ0v) is 13.0. The largest absolute Gasteiger partial charge is 0.317 e. The van der Waals surface area contributed by atoms with Crippen molar-refractivity contribution in [2.75, 3.05) is 19.6 Å². The van der Waals surface area contributed by atoms with E-state index in [1.54, 1.807) is 0 Å². The van der Waals surface area contributed by atoms with E-state index in [1.807, 2.05) is 0 Å². The molecule has 0 aliphatic carbocycles. The lowest BCUT2D eigenvalue weighted by molar-refractivity contribution is 0.146. The molecule has 0 unspecified atom stereocenters. The molecular weight excluding hydrogens is 222 g/mol. The van der Waals surface area contributed by atoms with Crippen LogP contribution in [0.5, 0.6) is 0 Å². The summed E-state index contributed by atoms with van der Waals surface area (Å²) in [7, 11) is 0. The van der Waals surface area contributed by atoms with Crippen molar-refractivity contribution in [2.24, 2.45) is 0 Å². The highest BCUT2D eigenvalue weighted by molar-refractivity contribution is 4.99. The Morgan fingerprint density at radius 1 is 1.00 bits per heavy atom. The summed E-state index contributed by atoms with van der Waals surface area (Å²) >= 11 is 0. The Kier molecular flexibility index (Phi) is 6.09. The second-order valence-corrected chi connectivity index (χ2v) is 7.06. The fraction of sp³-hybridized carbons (Fsp3) is 1.00. The van der Waals surface area contributed by atoms with Crippen molar-refractivity contribution in [3.8, 4) is 0 Å². The molecule has 1 heterocycles. The molecule has 0 aromatic heterocycles. The third kappa shape index (κ3) is 6.17.